The SMILES string of the molecule is CCCC(I)c1ccc(SCC(C)CC)cc1. The van der Waals surface area contributed by atoms with Crippen LogP contribution in [-0.2, 0) is 0 Å². The lowest BCUT2D eigenvalue weighted by Gasteiger charge is -2.11. The minimum atomic E-state index is 0.672. The number of hydrogen-bond donors (Lipinski definition) is 0. The van der Waals surface area contributed by atoms with Crippen molar-refractivity contribution >= 4 is 34.4 Å². The van der Waals surface area contributed by atoms with Gasteiger partial charge in [-0.2, -0.15) is 0 Å². The molecule has 0 aliphatic rings. The van der Waals surface area contributed by atoms with Gasteiger partial charge in [0.1, 0.15) is 0 Å². The van der Waals surface area contributed by atoms with Crippen LogP contribution in [0.4, 0.5) is 0 Å². The molecule has 2 atom stereocenters. The van der Waals surface area contributed by atoms with Gasteiger partial charge in [-0.15, -0.1) is 11.8 Å². The zero-order valence-corrected chi connectivity index (χ0v) is 14.1. The summed E-state index contributed by atoms with van der Waals surface area (Å²) in [4.78, 5) is 1.41. The topological polar surface area (TPSA) is 0 Å². The first kappa shape index (κ1) is 15.4. The van der Waals surface area contributed by atoms with Gasteiger partial charge in [0, 0.05) is 14.6 Å². The lowest BCUT2D eigenvalue weighted by Crippen LogP contribution is -1.95. The monoisotopic (exact) mass is 362 g/mol. The molecule has 0 saturated heterocycles. The normalized spacial score (nSPS) is 14.6. The van der Waals surface area contributed by atoms with Crippen LogP contribution < -0.4 is 0 Å². The summed E-state index contributed by atoms with van der Waals surface area (Å²) in [6, 6.07) is 9.16. The van der Waals surface area contributed by atoms with E-state index in [0.29, 0.717) is 3.92 Å². The van der Waals surface area contributed by atoms with Crippen molar-refractivity contribution in [3.8, 4) is 0 Å². The van der Waals surface area contributed by atoms with Crippen LogP contribution in [-0.4, -0.2) is 5.75 Å². The summed E-state index contributed by atoms with van der Waals surface area (Å²) in [5, 5.41) is 0. The average Bonchev–Trinajstić information content (AvgIpc) is 2.36. The molecule has 0 nitrogen and oxygen atoms in total. The van der Waals surface area contributed by atoms with E-state index in [2.05, 4.69) is 67.6 Å². The molecule has 2 heteroatoms. The van der Waals surface area contributed by atoms with E-state index in [4.69, 9.17) is 0 Å². The maximum absolute atomic E-state index is 2.55. The van der Waals surface area contributed by atoms with E-state index in [-0.39, 0.29) is 0 Å². The van der Waals surface area contributed by atoms with E-state index < -0.39 is 0 Å². The second-order valence-electron chi connectivity index (χ2n) is 4.65. The Morgan fingerprint density at radius 2 is 1.82 bits per heavy atom. The molecule has 0 heterocycles. The number of halogens is 1. The van der Waals surface area contributed by atoms with Gasteiger partial charge in [-0.25, -0.2) is 0 Å². The minimum absolute atomic E-state index is 0.672. The summed E-state index contributed by atoms with van der Waals surface area (Å²) >= 11 is 4.53. The maximum Gasteiger partial charge on any atom is 0.0359 e. The summed E-state index contributed by atoms with van der Waals surface area (Å²) in [5.74, 6) is 2.05. The quantitative estimate of drug-likeness (QED) is 0.321. The molecule has 0 aliphatic carbocycles. The second kappa shape index (κ2) is 8.41. The van der Waals surface area contributed by atoms with E-state index in [1.165, 1.54) is 35.5 Å². The van der Waals surface area contributed by atoms with Crippen molar-refractivity contribution in [1.29, 1.82) is 0 Å². The lowest BCUT2D eigenvalue weighted by molar-refractivity contribution is 0.637. The molecular weight excluding hydrogens is 339 g/mol. The Morgan fingerprint density at radius 1 is 1.18 bits per heavy atom. The van der Waals surface area contributed by atoms with Crippen LogP contribution in [0.25, 0.3) is 0 Å². The highest BCUT2D eigenvalue weighted by Gasteiger charge is 2.06. The number of thioether (sulfide) groups is 1. The number of hydrogen-bond acceptors (Lipinski definition) is 1. The van der Waals surface area contributed by atoms with Crippen LogP contribution in [0, 0.1) is 5.92 Å². The molecule has 0 aromatic heterocycles. The molecule has 0 bridgehead atoms. The smallest absolute Gasteiger partial charge is 0.0359 e. The summed E-state index contributed by atoms with van der Waals surface area (Å²) in [6.45, 7) is 6.84. The molecule has 1 rings (SSSR count). The van der Waals surface area contributed by atoms with E-state index in [0.717, 1.165) is 5.92 Å². The van der Waals surface area contributed by atoms with Crippen LogP contribution in [0.3, 0.4) is 0 Å². The molecule has 1 aromatic rings. The predicted octanol–water partition coefficient (Wildman–Crippen LogP) is 6.10. The highest BCUT2D eigenvalue weighted by Crippen LogP contribution is 2.30. The Balaban J connectivity index is 2.50. The average molecular weight is 362 g/mol. The molecule has 96 valence electrons. The van der Waals surface area contributed by atoms with E-state index in [9.17, 15) is 0 Å². The third-order valence-electron chi connectivity index (χ3n) is 3.02. The third-order valence-corrected chi connectivity index (χ3v) is 5.70. The van der Waals surface area contributed by atoms with Gasteiger partial charge >= 0.3 is 0 Å². The fourth-order valence-electron chi connectivity index (χ4n) is 1.55. The van der Waals surface area contributed by atoms with Gasteiger partial charge in [0.25, 0.3) is 0 Å². The molecule has 1 aromatic carbocycles. The Labute approximate surface area is 124 Å². The van der Waals surface area contributed by atoms with Gasteiger partial charge in [0.15, 0.2) is 0 Å². The van der Waals surface area contributed by atoms with Crippen molar-refractivity contribution in [2.24, 2.45) is 5.92 Å². The van der Waals surface area contributed by atoms with Crippen molar-refractivity contribution in [1.82, 2.24) is 0 Å². The van der Waals surface area contributed by atoms with Crippen LogP contribution in [0.5, 0.6) is 0 Å². The van der Waals surface area contributed by atoms with Crippen LogP contribution in [0.15, 0.2) is 29.2 Å². The van der Waals surface area contributed by atoms with Crippen LogP contribution in [0.1, 0.15) is 49.5 Å². The van der Waals surface area contributed by atoms with Gasteiger partial charge in [0.05, 0.1) is 0 Å². The molecule has 0 saturated carbocycles. The van der Waals surface area contributed by atoms with Gasteiger partial charge in [-0.05, 0) is 30.0 Å². The molecule has 17 heavy (non-hydrogen) atoms. The predicted molar refractivity (Wildman–Crippen MR) is 88.3 cm³/mol. The van der Waals surface area contributed by atoms with E-state index in [1.54, 1.807) is 0 Å². The van der Waals surface area contributed by atoms with E-state index >= 15 is 0 Å². The van der Waals surface area contributed by atoms with Crippen LogP contribution >= 0.6 is 34.4 Å². The molecule has 0 fully saturated rings. The van der Waals surface area contributed by atoms with Crippen molar-refractivity contribution in [3.05, 3.63) is 29.8 Å². The zero-order chi connectivity index (χ0) is 12.7. The highest BCUT2D eigenvalue weighted by molar-refractivity contribution is 14.1. The summed E-state index contributed by atoms with van der Waals surface area (Å²) in [5.41, 5.74) is 1.47. The van der Waals surface area contributed by atoms with Crippen molar-refractivity contribution in [2.45, 2.75) is 48.9 Å². The number of benzene rings is 1. The molecular formula is C15H23IS. The van der Waals surface area contributed by atoms with Crippen LogP contribution in [0.2, 0.25) is 0 Å². The van der Waals surface area contributed by atoms with Gasteiger partial charge in [0.2, 0.25) is 0 Å². The maximum atomic E-state index is 2.55. The van der Waals surface area contributed by atoms with E-state index in [1.807, 2.05) is 11.8 Å². The first-order valence-corrected chi connectivity index (χ1v) is 8.77. The number of alkyl halides is 1. The Kier molecular flexibility index (Phi) is 7.60. The Morgan fingerprint density at radius 3 is 2.35 bits per heavy atom. The van der Waals surface area contributed by atoms with Gasteiger partial charge in [-0.3, -0.25) is 0 Å². The molecule has 2 unspecified atom stereocenters. The summed E-state index contributed by atoms with van der Waals surface area (Å²) < 4.78 is 0.672. The zero-order valence-electron chi connectivity index (χ0n) is 11.1. The molecule has 0 N–H and O–H groups in total. The largest absolute Gasteiger partial charge is 0.126 e. The lowest BCUT2D eigenvalue weighted by atomic mass is 10.1. The standard InChI is InChI=1S/C15H23IS/c1-4-6-15(16)13-7-9-14(10-8-13)17-11-12(3)5-2/h7-10,12,15H,4-6,11H2,1-3H3. The fraction of sp³-hybridized carbons (Fsp3) is 0.600. The fourth-order valence-corrected chi connectivity index (χ4v) is 3.63. The van der Waals surface area contributed by atoms with Crippen molar-refractivity contribution < 1.29 is 0 Å². The third kappa shape index (κ3) is 5.64. The summed E-state index contributed by atoms with van der Waals surface area (Å²) in [7, 11) is 0. The molecule has 0 radical (unpaired) electrons. The molecule has 0 aliphatic heterocycles. The van der Waals surface area contributed by atoms with Gasteiger partial charge in [-0.1, -0.05) is 68.3 Å². The first-order chi connectivity index (χ1) is 8.17. The Bertz CT molecular complexity index is 307. The minimum Gasteiger partial charge on any atom is -0.126 e. The highest BCUT2D eigenvalue weighted by atomic mass is 127. The first-order valence-electron chi connectivity index (χ1n) is 6.54. The molecule has 0 amide bonds. The second-order valence-corrected chi connectivity index (χ2v) is 7.25. The number of rotatable bonds is 7. The van der Waals surface area contributed by atoms with Crippen molar-refractivity contribution in [3.63, 3.8) is 0 Å². The van der Waals surface area contributed by atoms with Gasteiger partial charge < -0.3 is 0 Å². The summed E-state index contributed by atoms with van der Waals surface area (Å²) in [6.07, 6.45) is 3.81. The molecule has 0 spiro atoms. The Hall–Kier alpha value is 0.300. The van der Waals surface area contributed by atoms with Crippen molar-refractivity contribution in [2.75, 3.05) is 5.75 Å².